The zero-order valence-corrected chi connectivity index (χ0v) is 34.2. The molecule has 276 valence electrons. The molecule has 25 aliphatic rings. The summed E-state index contributed by atoms with van der Waals surface area (Å²) >= 11 is 0. The predicted molar refractivity (Wildman–Crippen MR) is 240 cm³/mol. The third-order valence-electron chi connectivity index (χ3n) is 11.9. The Morgan fingerprint density at radius 2 is 0.345 bits per heavy atom. The van der Waals surface area contributed by atoms with Gasteiger partial charge in [-0.15, -0.1) is 0 Å². The van der Waals surface area contributed by atoms with Crippen LogP contribution in [-0.2, 0) is 0 Å². The average molecular weight is 757 g/mol. The van der Waals surface area contributed by atoms with Gasteiger partial charge >= 0.3 is 0 Å². The summed E-state index contributed by atoms with van der Waals surface area (Å²) in [6.45, 7) is 7.35. The van der Waals surface area contributed by atoms with Crippen LogP contribution in [-0.4, -0.2) is 8.07 Å². The van der Waals surface area contributed by atoms with Gasteiger partial charge in [0.1, 0.15) is 0 Å². The summed E-state index contributed by atoms with van der Waals surface area (Å²) in [6, 6.07) is 79.0. The maximum absolute atomic E-state index is 2.45. The van der Waals surface area contributed by atoms with Gasteiger partial charge in [0.05, 0.1) is 8.07 Å². The van der Waals surface area contributed by atoms with E-state index in [0.717, 1.165) is 0 Å². The van der Waals surface area contributed by atoms with Crippen molar-refractivity contribution in [1.82, 2.24) is 0 Å². The summed E-state index contributed by atoms with van der Waals surface area (Å²) in [5.41, 5.74) is 0. The minimum atomic E-state index is -1.68. The fourth-order valence-electron chi connectivity index (χ4n) is 8.42. The molecule has 0 amide bonds. The highest BCUT2D eigenvalue weighted by atomic mass is 28.3. The van der Waals surface area contributed by atoms with E-state index in [2.05, 4.69) is 232 Å². The maximum Gasteiger partial charge on any atom is 0.0784 e. The molecule has 0 atom stereocenters. The first-order valence-electron chi connectivity index (χ1n) is 20.3. The lowest BCUT2D eigenvalue weighted by Gasteiger charge is -2.18. The van der Waals surface area contributed by atoms with Gasteiger partial charge in [-0.2, -0.15) is 0 Å². The zero-order valence-electron chi connectivity index (χ0n) is 33.2. The Balaban J connectivity index is 1.21. The summed E-state index contributed by atoms with van der Waals surface area (Å²) < 4.78 is 0. The number of benzene rings is 9. The first-order chi connectivity index (χ1) is 28.3. The van der Waals surface area contributed by atoms with Crippen LogP contribution in [0, 0.1) is 93.9 Å². The summed E-state index contributed by atoms with van der Waals surface area (Å²) in [5, 5.41) is 23.7. The lowest BCUT2D eigenvalue weighted by atomic mass is 10.1. The van der Waals surface area contributed by atoms with E-state index in [1.54, 1.807) is 0 Å². The molecule has 0 nitrogen and oxygen atoms in total. The second kappa shape index (κ2) is 14.6. The van der Waals surface area contributed by atoms with E-state index < -0.39 is 8.07 Å². The Hall–Kier alpha value is -6.80. The predicted octanol–water partition coefficient (Wildman–Crippen LogP) is 12.1. The molecule has 0 saturated carbocycles. The Bertz CT molecular complexity index is 3840. The van der Waals surface area contributed by atoms with Crippen molar-refractivity contribution in [1.29, 1.82) is 0 Å². The molecule has 0 aliphatic heterocycles. The van der Waals surface area contributed by atoms with Crippen LogP contribution in [0.5, 0.6) is 0 Å². The van der Waals surface area contributed by atoms with Crippen molar-refractivity contribution >= 4 is 13.3 Å². The summed E-state index contributed by atoms with van der Waals surface area (Å²) in [5.74, 6) is 0. The van der Waals surface area contributed by atoms with Crippen LogP contribution < -0.4 is 5.19 Å². The molecule has 1 heteroatoms. The van der Waals surface area contributed by atoms with Crippen molar-refractivity contribution in [2.45, 2.75) is 19.6 Å². The van der Waals surface area contributed by atoms with Gasteiger partial charge in [-0.3, -0.25) is 0 Å². The first kappa shape index (κ1) is 35.6. The molecule has 34 rings (SSSR count). The maximum atomic E-state index is 2.45. The lowest BCUT2D eigenvalue weighted by molar-refractivity contribution is 1.38. The van der Waals surface area contributed by atoms with Crippen molar-refractivity contribution < 1.29 is 0 Å². The molecular formula is C57H44Si. The standard InChI is InChI=1S/C57H44Si/c1-58(2,3)57-38-55-36-37-56(57)54-34-32-52(33-35-54)50-26-24-48(25-27-50)46-18-16-44(17-19-46)42-10-8-40(9-11-42)39-4-6-41(7-5-39)43-12-14-45(15-13-43)47-20-22-49(23-21-47)51-28-30-53(55)31-29-51/h4-38H,1-3H3. The van der Waals surface area contributed by atoms with E-state index in [-0.39, 0.29) is 0 Å². The van der Waals surface area contributed by atoms with Gasteiger partial charge in [-0.1, -0.05) is 237 Å². The fourth-order valence-corrected chi connectivity index (χ4v) is 10.0. The first-order valence-corrected chi connectivity index (χ1v) is 23.8. The van der Waals surface area contributed by atoms with Crippen molar-refractivity contribution in [3.05, 3.63) is 306 Å². The molecule has 0 saturated heterocycles. The van der Waals surface area contributed by atoms with Gasteiger partial charge in [0, 0.05) is 0 Å². The molecule has 0 N–H and O–H groups in total. The Kier molecular flexibility index (Phi) is 8.97. The minimum absolute atomic E-state index is 1.22. The number of hydrogen-bond acceptors (Lipinski definition) is 0. The quantitative estimate of drug-likeness (QED) is 0.146. The second-order valence-electron chi connectivity index (χ2n) is 16.6. The molecular weight excluding hydrogens is 713 g/mol. The van der Waals surface area contributed by atoms with E-state index in [1.165, 1.54) is 99.1 Å². The summed E-state index contributed by atoms with van der Waals surface area (Å²) in [6.07, 6.45) is 0. The van der Waals surface area contributed by atoms with E-state index in [0.29, 0.717) is 0 Å². The van der Waals surface area contributed by atoms with Crippen LogP contribution in [0.4, 0.5) is 0 Å². The molecule has 0 spiro atoms. The molecule has 0 heterocycles. The molecule has 0 aromatic heterocycles. The molecule has 0 unspecified atom stereocenters. The topological polar surface area (TPSA) is 0 Å². The van der Waals surface area contributed by atoms with Crippen LogP contribution in [0.25, 0.3) is 0 Å². The van der Waals surface area contributed by atoms with E-state index in [1.807, 2.05) is 0 Å². The smallest absolute Gasteiger partial charge is 0.0656 e. The third-order valence-corrected chi connectivity index (χ3v) is 13.9. The van der Waals surface area contributed by atoms with Crippen LogP contribution in [0.1, 0.15) is 0 Å². The number of hydrogen-bond donors (Lipinski definition) is 0. The Morgan fingerprint density at radius 3 is 0.534 bits per heavy atom. The van der Waals surface area contributed by atoms with Crippen LogP contribution in [0.15, 0.2) is 212 Å². The molecule has 9 aromatic carbocycles. The highest BCUT2D eigenvalue weighted by Crippen LogP contribution is 2.11. The second-order valence-corrected chi connectivity index (χ2v) is 21.7. The molecule has 58 heavy (non-hydrogen) atoms. The fraction of sp³-hybridized carbons (Fsp3) is 0.0526. The molecule has 0 radical (unpaired) electrons. The van der Waals surface area contributed by atoms with Crippen LogP contribution in [0.2, 0.25) is 19.6 Å². The van der Waals surface area contributed by atoms with Gasteiger partial charge in [0.25, 0.3) is 0 Å². The highest BCUT2D eigenvalue weighted by molar-refractivity contribution is 6.88. The molecule has 9 aromatic rings. The average Bonchev–Trinajstić information content (AvgIpc) is 3.29. The van der Waals surface area contributed by atoms with E-state index >= 15 is 0 Å². The van der Waals surface area contributed by atoms with Crippen molar-refractivity contribution in [3.63, 3.8) is 0 Å². The molecule has 25 aliphatic carbocycles. The Morgan fingerprint density at radius 1 is 0.190 bits per heavy atom. The van der Waals surface area contributed by atoms with Gasteiger partial charge in [0.2, 0.25) is 0 Å². The summed E-state index contributed by atoms with van der Waals surface area (Å²) in [4.78, 5) is 0. The lowest BCUT2D eigenvalue weighted by Crippen LogP contribution is -2.38. The Labute approximate surface area is 337 Å². The van der Waals surface area contributed by atoms with Crippen molar-refractivity contribution in [3.8, 4) is 0 Å². The van der Waals surface area contributed by atoms with Crippen molar-refractivity contribution in [2.24, 2.45) is 0 Å². The largest absolute Gasteiger partial charge is 0.0784 e. The zero-order chi connectivity index (χ0) is 39.2. The molecule has 18 bridgehead atoms. The minimum Gasteiger partial charge on any atom is -0.0656 e. The van der Waals surface area contributed by atoms with Gasteiger partial charge < -0.3 is 0 Å². The van der Waals surface area contributed by atoms with E-state index in [4.69, 9.17) is 0 Å². The van der Waals surface area contributed by atoms with E-state index in [9.17, 15) is 0 Å². The van der Waals surface area contributed by atoms with Crippen LogP contribution >= 0.6 is 0 Å². The molecule has 0 fully saturated rings. The van der Waals surface area contributed by atoms with Gasteiger partial charge in [-0.25, -0.2) is 0 Å². The van der Waals surface area contributed by atoms with Gasteiger partial charge in [0.15, 0.2) is 0 Å². The van der Waals surface area contributed by atoms with Gasteiger partial charge in [-0.05, 0) is 93.9 Å². The monoisotopic (exact) mass is 756 g/mol. The van der Waals surface area contributed by atoms with Crippen molar-refractivity contribution in [2.75, 3.05) is 0 Å². The number of rotatable bonds is 1. The third kappa shape index (κ3) is 6.95. The van der Waals surface area contributed by atoms with Crippen LogP contribution in [0.3, 0.4) is 0 Å². The highest BCUT2D eigenvalue weighted by Gasteiger charge is 2.17. The summed E-state index contributed by atoms with van der Waals surface area (Å²) in [7, 11) is -1.68. The SMILES string of the molecule is C[Si](C)(C)c1cc2ccc1=c1ccc(cc1)=c1ccc(cc1)=c1ccc(cc1)=c1ccc(cc1)=c1ccc(cc1)=c1ccc(cc1)=c1ccc(cc1)=c1ccc=2cc1. The normalized spacial score (nSPS) is 11.7.